The maximum atomic E-state index is 10.9. The first-order valence-corrected chi connectivity index (χ1v) is 6.73. The maximum absolute atomic E-state index is 10.9. The van der Waals surface area contributed by atoms with Crippen LogP contribution in [0.5, 0.6) is 0 Å². The summed E-state index contributed by atoms with van der Waals surface area (Å²) in [6, 6.07) is 0. The quantitative estimate of drug-likeness (QED) is 0.307. The molecule has 0 unspecified atom stereocenters. The van der Waals surface area contributed by atoms with Crippen molar-refractivity contribution in [3.05, 3.63) is 10.1 Å². The van der Waals surface area contributed by atoms with Gasteiger partial charge < -0.3 is 24.6 Å². The molecule has 0 bridgehead atoms. The Labute approximate surface area is 110 Å². The summed E-state index contributed by atoms with van der Waals surface area (Å²) in [5, 5.41) is 63.5. The molecule has 16 N–H and O–H groups in total. The third-order valence-electron chi connectivity index (χ3n) is 1.79. The molecule has 0 rings (SSSR count). The van der Waals surface area contributed by atoms with E-state index in [0.29, 0.717) is 29.8 Å². The number of nitro groups is 1. The SMILES string of the molecule is N#[C][Fe-4]([C]#N)([C]#N)([C]#N)([C]#N)([C]#N)[N+](=O)[O-].[NH4+].[NH4+].[NH4+].[NH4+]. The van der Waals surface area contributed by atoms with Crippen LogP contribution in [0.1, 0.15) is 0 Å². The van der Waals surface area contributed by atoms with Crippen LogP contribution in [0.3, 0.4) is 0 Å². The van der Waals surface area contributed by atoms with Crippen LogP contribution in [0, 0.1) is 71.5 Å². The molecule has 0 saturated heterocycles. The smallest absolute Gasteiger partial charge is 0.369 e. The molecule has 0 atom stereocenters. The van der Waals surface area contributed by atoms with Gasteiger partial charge in [-0.25, -0.2) is 0 Å². The van der Waals surface area contributed by atoms with Crippen molar-refractivity contribution in [2.45, 2.75) is 0 Å². The van der Waals surface area contributed by atoms with Gasteiger partial charge in [-0.05, 0) is 0 Å². The maximum Gasteiger partial charge on any atom is -0.369 e. The van der Waals surface area contributed by atoms with Gasteiger partial charge in [-0.15, -0.1) is 0 Å². The standard InChI is InChI=1S/6CN.Fe.NO2.4H3N/c6*1-2;;2-1-3;;;;/h;;;;;;;;4*1H3/q;;;;;;-4;;;;;/p+4. The fourth-order valence-electron chi connectivity index (χ4n) is 0.438. The molecule has 0 aromatic rings. The fraction of sp³-hybridized carbons (Fsp3) is 0. The van der Waals surface area contributed by atoms with Gasteiger partial charge in [0.25, 0.3) is 0 Å². The predicted molar refractivity (Wildman–Crippen MR) is 64.6 cm³/mol. The average molecular weight is 330 g/mol. The van der Waals surface area contributed by atoms with E-state index in [1.54, 1.807) is 0 Å². The van der Waals surface area contributed by atoms with Crippen molar-refractivity contribution in [1.82, 2.24) is 24.6 Å². The largest absolute Gasteiger partial charge is 0.369 e. The van der Waals surface area contributed by atoms with Gasteiger partial charge in [-0.1, -0.05) is 0 Å². The molecule has 0 fully saturated rings. The van der Waals surface area contributed by atoms with Crippen molar-refractivity contribution in [3.63, 3.8) is 0 Å². The van der Waals surface area contributed by atoms with E-state index in [1.807, 2.05) is 0 Å². The first-order valence-electron chi connectivity index (χ1n) is 2.93. The zero-order valence-electron chi connectivity index (χ0n) is 11.3. The van der Waals surface area contributed by atoms with Crippen LogP contribution in [-0.2, 0) is 9.90 Å². The summed E-state index contributed by atoms with van der Waals surface area (Å²) in [6.45, 7) is 0. The van der Waals surface area contributed by atoms with E-state index in [2.05, 4.69) is 0 Å². The van der Waals surface area contributed by atoms with Crippen LogP contribution < -0.4 is 24.6 Å². The molecule has 0 saturated carbocycles. The summed E-state index contributed by atoms with van der Waals surface area (Å²) < 4.78 is -1.94. The molecule has 20 heavy (non-hydrogen) atoms. The van der Waals surface area contributed by atoms with Crippen molar-refractivity contribution >= 4 is 0 Å². The Morgan fingerprint density at radius 3 is 0.800 bits per heavy atom. The minimum Gasteiger partial charge on any atom is -0.369 e. The Bertz CT molecular complexity index is 556. The first kappa shape index (κ1) is 30.1. The Hall–Kier alpha value is -3.30. The molecule has 0 radical (unpaired) electrons. The number of nitriles is 6. The van der Waals surface area contributed by atoms with Crippen LogP contribution in [0.2, 0.25) is 0 Å². The number of hydrogen-bond acceptors (Lipinski definition) is 8. The summed E-state index contributed by atoms with van der Waals surface area (Å²) in [7, 11) is -8.25. The van der Waals surface area contributed by atoms with Crippen LogP contribution in [-0.4, -0.2) is 3.94 Å². The molecule has 13 nitrogen and oxygen atoms in total. The summed E-state index contributed by atoms with van der Waals surface area (Å²) in [5.41, 5.74) is 0. The Morgan fingerprint density at radius 1 is 0.650 bits per heavy atom. The molecule has 0 aromatic heterocycles. The van der Waals surface area contributed by atoms with Gasteiger partial charge in [0.1, 0.15) is 0 Å². The average Bonchev–Trinajstić information content (AvgIpc) is 2.37. The van der Waals surface area contributed by atoms with E-state index < -0.39 is 13.8 Å². The molecule has 115 valence electrons. The van der Waals surface area contributed by atoms with Gasteiger partial charge in [0.2, 0.25) is 0 Å². The molecule has 0 amide bonds. The molecule has 0 heterocycles. The zero-order chi connectivity index (χ0) is 13.2. The monoisotopic (exact) mass is 330 g/mol. The Kier molecular flexibility index (Phi) is 7.15. The molecular weight excluding hydrogens is 314 g/mol. The molecular formula is C6H16FeN11O2. The van der Waals surface area contributed by atoms with Crippen LogP contribution in [0.15, 0.2) is 0 Å². The van der Waals surface area contributed by atoms with Gasteiger partial charge in [0, 0.05) is 0 Å². The van der Waals surface area contributed by atoms with E-state index in [1.165, 1.54) is 0 Å². The topological polar surface area (TPSA) is 332 Å². The third-order valence-corrected chi connectivity index (χ3v) is 7.36. The van der Waals surface area contributed by atoms with E-state index >= 15 is 0 Å². The second kappa shape index (κ2) is 4.76. The molecule has 0 aliphatic heterocycles. The Balaban J connectivity index is -0.000000187. The van der Waals surface area contributed by atoms with Crippen LogP contribution >= 0.6 is 0 Å². The van der Waals surface area contributed by atoms with Gasteiger partial charge in [-0.3, -0.25) is 0 Å². The van der Waals surface area contributed by atoms with Gasteiger partial charge in [-0.2, -0.15) is 0 Å². The van der Waals surface area contributed by atoms with E-state index in [0.717, 1.165) is 0 Å². The summed E-state index contributed by atoms with van der Waals surface area (Å²) in [4.78, 5) is 14.2. The molecule has 0 spiro atoms. The van der Waals surface area contributed by atoms with Crippen LogP contribution in [0.4, 0.5) is 0 Å². The van der Waals surface area contributed by atoms with E-state index in [9.17, 15) is 10.1 Å². The normalized spacial score (nSPS) is 12.4. The second-order valence-corrected chi connectivity index (χ2v) is 9.98. The molecule has 0 aliphatic carbocycles. The predicted octanol–water partition coefficient (Wildman–Crippen LogP) is 1.33. The molecule has 14 heteroatoms. The number of rotatable bonds is 1. The number of quaternary nitrogens is 4. The van der Waals surface area contributed by atoms with Gasteiger partial charge in [0.05, 0.1) is 0 Å². The van der Waals surface area contributed by atoms with Crippen molar-refractivity contribution in [3.8, 4) is 29.8 Å². The minimum atomic E-state index is -8.25. The van der Waals surface area contributed by atoms with E-state index in [4.69, 9.17) is 31.6 Å². The molecule has 0 aromatic carbocycles. The summed E-state index contributed by atoms with van der Waals surface area (Å²) in [6.07, 6.45) is 0. The third kappa shape index (κ3) is 1.38. The van der Waals surface area contributed by atoms with Crippen molar-refractivity contribution in [2.75, 3.05) is 0 Å². The summed E-state index contributed by atoms with van der Waals surface area (Å²) in [5.74, 6) is 0. The number of hydrogen-bond donors (Lipinski definition) is 4. The van der Waals surface area contributed by atoms with E-state index in [-0.39, 0.29) is 24.6 Å². The van der Waals surface area contributed by atoms with Crippen LogP contribution in [0.25, 0.3) is 0 Å². The Morgan fingerprint density at radius 2 is 0.800 bits per heavy atom. The van der Waals surface area contributed by atoms with Gasteiger partial charge in [0.15, 0.2) is 0 Å². The zero-order valence-corrected chi connectivity index (χ0v) is 12.4. The van der Waals surface area contributed by atoms with Crippen molar-refractivity contribution in [1.29, 1.82) is 31.6 Å². The number of nitrogens with zero attached hydrogens (tertiary/aromatic N) is 7. The second-order valence-electron chi connectivity index (χ2n) is 2.48. The van der Waals surface area contributed by atoms with Crippen molar-refractivity contribution in [2.24, 2.45) is 0 Å². The minimum absolute atomic E-state index is 0. The summed E-state index contributed by atoms with van der Waals surface area (Å²) >= 11 is 0. The van der Waals surface area contributed by atoms with Crippen molar-refractivity contribution < 1.29 is 13.8 Å². The fourth-order valence-corrected chi connectivity index (χ4v) is 1.81. The van der Waals surface area contributed by atoms with Gasteiger partial charge >= 0.3 is 85.3 Å². The first-order chi connectivity index (χ1) is 7.22. The molecule has 0 aliphatic rings.